The molecule has 1 spiro atoms. The van der Waals surface area contributed by atoms with E-state index in [1.54, 1.807) is 11.0 Å². The number of nitrogens with zero attached hydrogens (tertiary/aromatic N) is 2. The lowest BCUT2D eigenvalue weighted by molar-refractivity contribution is -0.162. The molecule has 2 bridgehead atoms. The number of fused-ring (bicyclic) bond motifs is 1. The van der Waals surface area contributed by atoms with Crippen LogP contribution in [0, 0.1) is 17.8 Å². The third-order valence-electron chi connectivity index (χ3n) is 8.54. The molecule has 0 saturated carbocycles. The second-order valence-electron chi connectivity index (χ2n) is 10.8. The molecular weight excluding hydrogens is 460 g/mol. The summed E-state index contributed by atoms with van der Waals surface area (Å²) in [6.45, 7) is 15.8. The summed E-state index contributed by atoms with van der Waals surface area (Å²) in [5.74, 6) is -2.63. The van der Waals surface area contributed by atoms with Crippen LogP contribution in [0.5, 0.6) is 0 Å². The Balaban J connectivity index is 1.97. The van der Waals surface area contributed by atoms with Crippen molar-refractivity contribution in [3.05, 3.63) is 25.3 Å². The van der Waals surface area contributed by atoms with Crippen LogP contribution in [0.3, 0.4) is 0 Å². The zero-order chi connectivity index (χ0) is 26.7. The molecule has 8 nitrogen and oxygen atoms in total. The van der Waals surface area contributed by atoms with Gasteiger partial charge in [0.2, 0.25) is 11.8 Å². The average Bonchev–Trinajstić information content (AvgIpc) is 3.34. The van der Waals surface area contributed by atoms with Crippen LogP contribution in [0.2, 0.25) is 0 Å². The van der Waals surface area contributed by atoms with Crippen LogP contribution in [0.25, 0.3) is 0 Å². The van der Waals surface area contributed by atoms with Gasteiger partial charge in [-0.1, -0.05) is 32.4 Å². The van der Waals surface area contributed by atoms with E-state index in [2.05, 4.69) is 20.1 Å². The van der Waals surface area contributed by atoms with Crippen LogP contribution >= 0.6 is 0 Å². The summed E-state index contributed by atoms with van der Waals surface area (Å²) in [6, 6.07) is -0.957. The normalized spacial score (nSPS) is 33.4. The number of esters is 1. The summed E-state index contributed by atoms with van der Waals surface area (Å²) in [7, 11) is 0. The van der Waals surface area contributed by atoms with Gasteiger partial charge in [0, 0.05) is 19.1 Å². The fraction of sp³-hybridized carbons (Fsp3) is 0.750. The van der Waals surface area contributed by atoms with Crippen molar-refractivity contribution in [2.45, 2.75) is 89.5 Å². The molecule has 3 rings (SSSR count). The van der Waals surface area contributed by atoms with Crippen molar-refractivity contribution in [3.8, 4) is 0 Å². The standard InChI is InChI=1S/C28H44N2O6/c1-7-10-11-12-17-35-26(34)22-21-24(32)30(15-16-31)23(28(21)18-19(4)27(22,6)36-28)25(33)29(14-9-3)20(5)13-8-2/h7,9,19-23,31H,1,3,8,10-18H2,2,4-6H3/t19?,20?,21-,22-,23?,27+,28?/m0/s1. The molecule has 202 valence electrons. The number of hydrogen-bond acceptors (Lipinski definition) is 6. The molecule has 0 aromatic rings. The molecule has 3 fully saturated rings. The summed E-state index contributed by atoms with van der Waals surface area (Å²) in [4.78, 5) is 44.6. The second kappa shape index (κ2) is 11.5. The van der Waals surface area contributed by atoms with Gasteiger partial charge in [0.25, 0.3) is 0 Å². The smallest absolute Gasteiger partial charge is 0.312 e. The Labute approximate surface area is 215 Å². The predicted octanol–water partition coefficient (Wildman–Crippen LogP) is 3.09. The molecule has 7 atom stereocenters. The molecule has 2 amide bonds. The van der Waals surface area contributed by atoms with Crippen molar-refractivity contribution in [3.63, 3.8) is 0 Å². The first-order valence-corrected chi connectivity index (χ1v) is 13.4. The molecule has 3 heterocycles. The Morgan fingerprint density at radius 2 is 2.06 bits per heavy atom. The summed E-state index contributed by atoms with van der Waals surface area (Å²) in [6.07, 6.45) is 8.17. The summed E-state index contributed by atoms with van der Waals surface area (Å²) < 4.78 is 12.3. The van der Waals surface area contributed by atoms with Gasteiger partial charge < -0.3 is 24.4 Å². The highest BCUT2D eigenvalue weighted by Crippen LogP contribution is 2.65. The Hall–Kier alpha value is -2.19. The van der Waals surface area contributed by atoms with Crippen LogP contribution < -0.4 is 0 Å². The summed E-state index contributed by atoms with van der Waals surface area (Å²) in [5.41, 5.74) is -2.03. The minimum atomic E-state index is -1.13. The van der Waals surface area contributed by atoms with Crippen molar-refractivity contribution < 1.29 is 29.0 Å². The maximum absolute atomic E-state index is 14.2. The van der Waals surface area contributed by atoms with Crippen LogP contribution in [0.15, 0.2) is 25.3 Å². The maximum atomic E-state index is 14.2. The second-order valence-corrected chi connectivity index (χ2v) is 10.8. The number of hydrogen-bond donors (Lipinski definition) is 1. The minimum absolute atomic E-state index is 0.00928. The highest BCUT2D eigenvalue weighted by atomic mass is 16.6. The van der Waals surface area contributed by atoms with Crippen molar-refractivity contribution in [1.82, 2.24) is 9.80 Å². The van der Waals surface area contributed by atoms with Gasteiger partial charge in [0.15, 0.2) is 0 Å². The highest BCUT2D eigenvalue weighted by molar-refractivity contribution is 5.98. The number of aliphatic hydroxyl groups excluding tert-OH is 1. The first kappa shape index (κ1) is 28.4. The van der Waals surface area contributed by atoms with Crippen molar-refractivity contribution >= 4 is 17.8 Å². The van der Waals surface area contributed by atoms with Crippen LogP contribution in [0.4, 0.5) is 0 Å². The van der Waals surface area contributed by atoms with E-state index in [1.165, 1.54) is 4.90 Å². The molecule has 4 unspecified atom stereocenters. The number of aliphatic hydroxyl groups is 1. The number of β-amino-alcohol motifs (C(OH)–C–C–N with tert-alkyl or cyclic N) is 1. The molecule has 0 aromatic carbocycles. The fourth-order valence-corrected chi connectivity index (χ4v) is 6.73. The minimum Gasteiger partial charge on any atom is -0.465 e. The van der Waals surface area contributed by atoms with Gasteiger partial charge in [0.1, 0.15) is 17.6 Å². The molecule has 1 N–H and O–H groups in total. The summed E-state index contributed by atoms with van der Waals surface area (Å²) >= 11 is 0. The van der Waals surface area contributed by atoms with Gasteiger partial charge in [-0.2, -0.15) is 0 Å². The van der Waals surface area contributed by atoms with Gasteiger partial charge in [-0.15, -0.1) is 13.2 Å². The third kappa shape index (κ3) is 4.62. The topological polar surface area (TPSA) is 96.4 Å². The fourth-order valence-electron chi connectivity index (χ4n) is 6.73. The molecule has 3 saturated heterocycles. The zero-order valence-electron chi connectivity index (χ0n) is 22.4. The first-order chi connectivity index (χ1) is 17.1. The van der Waals surface area contributed by atoms with E-state index in [1.807, 2.05) is 26.8 Å². The van der Waals surface area contributed by atoms with E-state index in [-0.39, 0.29) is 43.5 Å². The molecular formula is C28H44N2O6. The third-order valence-corrected chi connectivity index (χ3v) is 8.54. The SMILES string of the molecule is C=CCCCCOC(=O)[C@@H]1[C@H]2C(=O)N(CCO)C(C(=O)N(CC=C)C(C)CCC)C23CC(C)[C@@]1(C)O3. The maximum Gasteiger partial charge on any atom is 0.312 e. The number of carbonyl (C=O) groups excluding carboxylic acids is 3. The molecule has 8 heteroatoms. The van der Waals surface area contributed by atoms with Gasteiger partial charge in [-0.3, -0.25) is 14.4 Å². The number of allylic oxidation sites excluding steroid dienone is 1. The van der Waals surface area contributed by atoms with Crippen molar-refractivity contribution in [2.24, 2.45) is 17.8 Å². The molecule has 3 aliphatic rings. The average molecular weight is 505 g/mol. The molecule has 3 aliphatic heterocycles. The van der Waals surface area contributed by atoms with Crippen LogP contribution in [-0.2, 0) is 23.9 Å². The van der Waals surface area contributed by atoms with Gasteiger partial charge >= 0.3 is 5.97 Å². The number of carbonyl (C=O) groups is 3. The van der Waals surface area contributed by atoms with E-state index in [0.29, 0.717) is 19.4 Å². The van der Waals surface area contributed by atoms with Gasteiger partial charge in [-0.25, -0.2) is 0 Å². The predicted molar refractivity (Wildman–Crippen MR) is 137 cm³/mol. The van der Waals surface area contributed by atoms with Gasteiger partial charge in [0.05, 0.1) is 24.7 Å². The van der Waals surface area contributed by atoms with E-state index in [0.717, 1.165) is 25.7 Å². The Bertz CT molecular complexity index is 861. The highest BCUT2D eigenvalue weighted by Gasteiger charge is 2.80. The van der Waals surface area contributed by atoms with E-state index in [4.69, 9.17) is 9.47 Å². The monoisotopic (exact) mass is 504 g/mol. The zero-order valence-corrected chi connectivity index (χ0v) is 22.4. The number of rotatable bonds is 14. The quantitative estimate of drug-likeness (QED) is 0.222. The Morgan fingerprint density at radius 3 is 2.67 bits per heavy atom. The number of ether oxygens (including phenoxy) is 2. The lowest BCUT2D eigenvalue weighted by Gasteiger charge is -2.39. The van der Waals surface area contributed by atoms with Crippen molar-refractivity contribution in [1.29, 1.82) is 0 Å². The van der Waals surface area contributed by atoms with Crippen molar-refractivity contribution in [2.75, 3.05) is 26.3 Å². The number of amides is 2. The molecule has 0 aliphatic carbocycles. The Kier molecular flexibility index (Phi) is 9.04. The van der Waals surface area contributed by atoms with Crippen LogP contribution in [-0.4, -0.2) is 82.3 Å². The number of likely N-dealkylation sites (tertiary alicyclic amines) is 1. The molecule has 0 aromatic heterocycles. The molecule has 0 radical (unpaired) electrons. The molecule has 36 heavy (non-hydrogen) atoms. The van der Waals surface area contributed by atoms with E-state index in [9.17, 15) is 19.5 Å². The van der Waals surface area contributed by atoms with Crippen LogP contribution in [0.1, 0.15) is 66.2 Å². The lowest BCUT2D eigenvalue weighted by atomic mass is 9.62. The van der Waals surface area contributed by atoms with E-state index >= 15 is 0 Å². The van der Waals surface area contributed by atoms with Gasteiger partial charge in [-0.05, 0) is 51.9 Å². The first-order valence-electron chi connectivity index (χ1n) is 13.4. The lowest BCUT2D eigenvalue weighted by Crippen LogP contribution is -2.58. The number of unbranched alkanes of at least 4 members (excludes halogenated alkanes) is 2. The van der Waals surface area contributed by atoms with E-state index < -0.39 is 35.0 Å². The Morgan fingerprint density at radius 1 is 1.33 bits per heavy atom. The summed E-state index contributed by atoms with van der Waals surface area (Å²) in [5, 5.41) is 9.80. The largest absolute Gasteiger partial charge is 0.465 e.